The van der Waals surface area contributed by atoms with Crippen LogP contribution in [0.15, 0.2) is 46.0 Å². The molecule has 1 N–H and O–H groups in total. The van der Waals surface area contributed by atoms with Crippen molar-refractivity contribution >= 4 is 27.5 Å². The maximum Gasteiger partial charge on any atom is 0.264 e. The molecule has 164 valence electrons. The molecule has 1 aromatic carbocycles. The maximum absolute atomic E-state index is 13.3. The van der Waals surface area contributed by atoms with Crippen LogP contribution in [0.4, 0.5) is 4.39 Å². The van der Waals surface area contributed by atoms with E-state index in [0.29, 0.717) is 51.8 Å². The minimum Gasteiger partial charge on any atom is -0.445 e. The van der Waals surface area contributed by atoms with E-state index in [1.807, 2.05) is 4.90 Å². The number of benzene rings is 1. The second-order valence-corrected chi connectivity index (χ2v) is 9.03. The first kappa shape index (κ1) is 20.6. The quantitative estimate of drug-likeness (QED) is 0.505. The zero-order valence-electron chi connectivity index (χ0n) is 17.4. The summed E-state index contributed by atoms with van der Waals surface area (Å²) in [4.78, 5) is 39.6. The Balaban J connectivity index is 1.33. The summed E-state index contributed by atoms with van der Waals surface area (Å²) >= 11 is 1.26. The molecule has 1 aliphatic rings. The molecule has 1 fully saturated rings. The van der Waals surface area contributed by atoms with E-state index in [-0.39, 0.29) is 23.2 Å². The molecule has 0 saturated carbocycles. The van der Waals surface area contributed by atoms with Gasteiger partial charge in [0.15, 0.2) is 5.89 Å². The Kier molecular flexibility index (Phi) is 5.34. The van der Waals surface area contributed by atoms with Crippen molar-refractivity contribution in [1.82, 2.24) is 19.9 Å². The van der Waals surface area contributed by atoms with Gasteiger partial charge in [-0.2, -0.15) is 0 Å². The van der Waals surface area contributed by atoms with Crippen molar-refractivity contribution in [3.8, 4) is 0 Å². The number of H-pyrrole nitrogens is 1. The Labute approximate surface area is 186 Å². The second kappa shape index (κ2) is 8.31. The molecule has 5 rings (SSSR count). The van der Waals surface area contributed by atoms with Crippen molar-refractivity contribution in [2.24, 2.45) is 0 Å². The average Bonchev–Trinajstić information content (AvgIpc) is 3.40. The normalized spacial score (nSPS) is 16.6. The number of hydrogen-bond donors (Lipinski definition) is 1. The summed E-state index contributed by atoms with van der Waals surface area (Å²) in [5, 5.41) is 0.479. The number of likely N-dealkylation sites (tertiary alicyclic amines) is 1. The number of amides is 1. The molecule has 0 spiro atoms. The highest BCUT2D eigenvalue weighted by molar-refractivity contribution is 7.20. The highest BCUT2D eigenvalue weighted by Crippen LogP contribution is 2.32. The number of nitrogens with one attached hydrogen (secondary N) is 1. The molecule has 1 amide bonds. The fourth-order valence-corrected chi connectivity index (χ4v) is 5.30. The standard InChI is InChI=1S/C23H21FN4O3S/c1-13-18-20(29)26-12-27-22(18)32-19(13)23(30)28-8-2-3-15(11-28)21-25-10-17(31-21)9-14-4-6-16(24)7-5-14/h4-7,10,12,15H,2-3,8-9,11H2,1H3,(H,26,27,29)/t15-/m1/s1. The summed E-state index contributed by atoms with van der Waals surface area (Å²) < 4.78 is 19.1. The van der Waals surface area contributed by atoms with E-state index in [9.17, 15) is 14.0 Å². The van der Waals surface area contributed by atoms with E-state index in [4.69, 9.17) is 4.42 Å². The van der Waals surface area contributed by atoms with Gasteiger partial charge in [-0.05, 0) is 43.0 Å². The summed E-state index contributed by atoms with van der Waals surface area (Å²) in [5.74, 6) is 0.971. The molecule has 3 aromatic heterocycles. The molecule has 1 aliphatic heterocycles. The topological polar surface area (TPSA) is 92.1 Å². The molecular formula is C23H21FN4O3S. The van der Waals surface area contributed by atoms with Gasteiger partial charge in [-0.3, -0.25) is 9.59 Å². The number of hydrogen-bond acceptors (Lipinski definition) is 6. The van der Waals surface area contributed by atoms with Gasteiger partial charge in [-0.15, -0.1) is 11.3 Å². The van der Waals surface area contributed by atoms with Crippen molar-refractivity contribution in [1.29, 1.82) is 0 Å². The summed E-state index contributed by atoms with van der Waals surface area (Å²) in [6.07, 6.45) is 5.32. The fraction of sp³-hybridized carbons (Fsp3) is 0.304. The first-order chi connectivity index (χ1) is 15.5. The van der Waals surface area contributed by atoms with Gasteiger partial charge >= 0.3 is 0 Å². The summed E-state index contributed by atoms with van der Waals surface area (Å²) in [5.41, 5.74) is 1.38. The third-order valence-electron chi connectivity index (χ3n) is 5.85. The molecule has 4 aromatic rings. The van der Waals surface area contributed by atoms with E-state index >= 15 is 0 Å². The number of aromatic nitrogens is 3. The van der Waals surface area contributed by atoms with Gasteiger partial charge in [-0.25, -0.2) is 14.4 Å². The zero-order valence-corrected chi connectivity index (χ0v) is 18.2. The van der Waals surface area contributed by atoms with Gasteiger partial charge in [0, 0.05) is 19.5 Å². The van der Waals surface area contributed by atoms with Gasteiger partial charge in [0.2, 0.25) is 0 Å². The molecule has 4 heterocycles. The Morgan fingerprint density at radius 2 is 2.12 bits per heavy atom. The van der Waals surface area contributed by atoms with Crippen LogP contribution in [-0.4, -0.2) is 38.8 Å². The highest BCUT2D eigenvalue weighted by atomic mass is 32.1. The number of halogens is 1. The monoisotopic (exact) mass is 452 g/mol. The minimum absolute atomic E-state index is 0.00544. The number of thiophene rings is 1. The summed E-state index contributed by atoms with van der Waals surface area (Å²) in [6, 6.07) is 6.31. The fourth-order valence-electron chi connectivity index (χ4n) is 4.19. The van der Waals surface area contributed by atoms with E-state index < -0.39 is 0 Å². The number of carbonyl (C=O) groups excluding carboxylic acids is 1. The number of aryl methyl sites for hydroxylation is 1. The molecule has 0 radical (unpaired) electrons. The molecule has 32 heavy (non-hydrogen) atoms. The molecular weight excluding hydrogens is 431 g/mol. The van der Waals surface area contributed by atoms with Gasteiger partial charge in [0.25, 0.3) is 11.5 Å². The third-order valence-corrected chi connectivity index (χ3v) is 7.04. The van der Waals surface area contributed by atoms with Crippen molar-refractivity contribution < 1.29 is 13.6 Å². The number of rotatable bonds is 4. The largest absolute Gasteiger partial charge is 0.445 e. The number of oxazole rings is 1. The van der Waals surface area contributed by atoms with Gasteiger partial charge in [0.1, 0.15) is 16.4 Å². The molecule has 9 heteroatoms. The molecule has 0 aliphatic carbocycles. The lowest BCUT2D eigenvalue weighted by Crippen LogP contribution is -2.39. The highest BCUT2D eigenvalue weighted by Gasteiger charge is 2.30. The van der Waals surface area contributed by atoms with Crippen LogP contribution in [0.2, 0.25) is 0 Å². The first-order valence-electron chi connectivity index (χ1n) is 10.4. The third kappa shape index (κ3) is 3.84. The number of piperidine rings is 1. The van der Waals surface area contributed by atoms with Crippen LogP contribution in [0.3, 0.4) is 0 Å². The second-order valence-electron chi connectivity index (χ2n) is 8.03. The SMILES string of the molecule is Cc1c(C(=O)N2CCC[C@@H](c3ncc(Cc4ccc(F)cc4)o3)C2)sc2nc[nH]c(=O)c12. The van der Waals surface area contributed by atoms with E-state index in [2.05, 4.69) is 15.0 Å². The Morgan fingerprint density at radius 1 is 1.31 bits per heavy atom. The molecule has 1 saturated heterocycles. The van der Waals surface area contributed by atoms with Crippen molar-refractivity contribution in [2.45, 2.75) is 32.1 Å². The molecule has 7 nitrogen and oxygen atoms in total. The van der Waals surface area contributed by atoms with Gasteiger partial charge in [0.05, 0.1) is 28.7 Å². The Hall–Kier alpha value is -3.33. The van der Waals surface area contributed by atoms with Crippen LogP contribution in [0.5, 0.6) is 0 Å². The van der Waals surface area contributed by atoms with Crippen molar-refractivity contribution in [3.63, 3.8) is 0 Å². The molecule has 1 atom stereocenters. The first-order valence-corrected chi connectivity index (χ1v) is 11.3. The van der Waals surface area contributed by atoms with E-state index in [1.54, 1.807) is 25.3 Å². The number of carbonyl (C=O) groups is 1. The predicted molar refractivity (Wildman–Crippen MR) is 119 cm³/mol. The zero-order chi connectivity index (χ0) is 22.2. The number of nitrogens with zero attached hydrogens (tertiary/aromatic N) is 3. The van der Waals surface area contributed by atoms with Crippen LogP contribution >= 0.6 is 11.3 Å². The van der Waals surface area contributed by atoms with Gasteiger partial charge < -0.3 is 14.3 Å². The van der Waals surface area contributed by atoms with Gasteiger partial charge in [-0.1, -0.05) is 12.1 Å². The Bertz CT molecular complexity index is 1340. The summed E-state index contributed by atoms with van der Waals surface area (Å²) in [7, 11) is 0. The van der Waals surface area contributed by atoms with Crippen LogP contribution < -0.4 is 5.56 Å². The molecule has 0 bridgehead atoms. The maximum atomic E-state index is 13.3. The van der Waals surface area contributed by atoms with Crippen LogP contribution in [0, 0.1) is 12.7 Å². The van der Waals surface area contributed by atoms with Crippen LogP contribution in [-0.2, 0) is 6.42 Å². The van der Waals surface area contributed by atoms with Crippen molar-refractivity contribution in [3.05, 3.63) is 80.6 Å². The lowest BCUT2D eigenvalue weighted by atomic mass is 9.97. The Morgan fingerprint density at radius 3 is 2.91 bits per heavy atom. The lowest BCUT2D eigenvalue weighted by Gasteiger charge is -2.31. The minimum atomic E-state index is -0.270. The lowest BCUT2D eigenvalue weighted by molar-refractivity contribution is 0.0702. The predicted octanol–water partition coefficient (Wildman–Crippen LogP) is 4.03. The van der Waals surface area contributed by atoms with E-state index in [1.165, 1.54) is 29.8 Å². The molecule has 0 unspecified atom stereocenters. The smallest absolute Gasteiger partial charge is 0.264 e. The number of fused-ring (bicyclic) bond motifs is 1. The summed E-state index contributed by atoms with van der Waals surface area (Å²) in [6.45, 7) is 2.95. The van der Waals surface area contributed by atoms with Crippen LogP contribution in [0.1, 0.15) is 51.2 Å². The van der Waals surface area contributed by atoms with Crippen LogP contribution in [0.25, 0.3) is 10.2 Å². The number of aromatic amines is 1. The average molecular weight is 453 g/mol. The van der Waals surface area contributed by atoms with Crippen molar-refractivity contribution in [2.75, 3.05) is 13.1 Å². The van der Waals surface area contributed by atoms with E-state index in [0.717, 1.165) is 18.4 Å².